The summed E-state index contributed by atoms with van der Waals surface area (Å²) >= 11 is 0. The van der Waals surface area contributed by atoms with E-state index in [1.165, 1.54) is 5.56 Å². The summed E-state index contributed by atoms with van der Waals surface area (Å²) in [6.45, 7) is 5.63. The quantitative estimate of drug-likeness (QED) is 0.910. The highest BCUT2D eigenvalue weighted by atomic mass is 16.5. The summed E-state index contributed by atoms with van der Waals surface area (Å²) < 4.78 is 5.15. The molecule has 20 heavy (non-hydrogen) atoms. The minimum absolute atomic E-state index is 0.0292. The van der Waals surface area contributed by atoms with Gasteiger partial charge in [0.25, 0.3) is 0 Å². The molecule has 1 unspecified atom stereocenters. The van der Waals surface area contributed by atoms with Crippen LogP contribution in [0, 0.1) is 5.92 Å². The number of methoxy groups -OCH3 is 1. The Hall–Kier alpha value is -1.55. The molecule has 110 valence electrons. The molecule has 2 rings (SSSR count). The number of carbonyl (C=O) groups is 1. The number of hydrogen-bond acceptors (Lipinski definition) is 3. The molecule has 0 saturated carbocycles. The summed E-state index contributed by atoms with van der Waals surface area (Å²) in [4.78, 5) is 14.4. The topological polar surface area (TPSA) is 41.6 Å². The van der Waals surface area contributed by atoms with Crippen LogP contribution in [0.25, 0.3) is 0 Å². The lowest BCUT2D eigenvalue weighted by Crippen LogP contribution is -2.38. The van der Waals surface area contributed by atoms with Crippen LogP contribution in [0.2, 0.25) is 0 Å². The van der Waals surface area contributed by atoms with Gasteiger partial charge in [-0.15, -0.1) is 0 Å². The van der Waals surface area contributed by atoms with Gasteiger partial charge < -0.3 is 15.0 Å². The highest BCUT2D eigenvalue weighted by Crippen LogP contribution is 2.16. The Labute approximate surface area is 121 Å². The predicted octanol–water partition coefficient (Wildman–Crippen LogP) is 1.70. The van der Waals surface area contributed by atoms with Crippen molar-refractivity contribution >= 4 is 5.91 Å². The van der Waals surface area contributed by atoms with Crippen LogP contribution < -0.4 is 10.1 Å². The Bertz CT molecular complexity index is 423. The van der Waals surface area contributed by atoms with Crippen LogP contribution in [0.1, 0.15) is 18.9 Å². The van der Waals surface area contributed by atoms with Crippen LogP contribution in [0.3, 0.4) is 0 Å². The summed E-state index contributed by atoms with van der Waals surface area (Å²) in [5.74, 6) is 1.15. The Kier molecular flexibility index (Phi) is 5.41. The van der Waals surface area contributed by atoms with E-state index in [0.717, 1.165) is 44.8 Å². The number of benzene rings is 1. The molecule has 1 saturated heterocycles. The lowest BCUT2D eigenvalue weighted by Gasteiger charge is -2.24. The molecule has 1 atom stereocenters. The number of nitrogens with zero attached hydrogens (tertiary/aromatic N) is 1. The molecule has 1 aliphatic heterocycles. The maximum atomic E-state index is 12.5. The van der Waals surface area contributed by atoms with E-state index in [4.69, 9.17) is 4.74 Å². The van der Waals surface area contributed by atoms with Crippen LogP contribution in [0.5, 0.6) is 5.75 Å². The normalized spacial score (nSPS) is 17.4. The molecule has 1 heterocycles. The minimum Gasteiger partial charge on any atom is -0.497 e. The van der Waals surface area contributed by atoms with Gasteiger partial charge in [-0.3, -0.25) is 4.79 Å². The molecule has 1 aliphatic rings. The Balaban J connectivity index is 1.92. The number of ether oxygens (including phenoxy) is 1. The zero-order valence-electron chi connectivity index (χ0n) is 12.4. The van der Waals surface area contributed by atoms with E-state index in [0.29, 0.717) is 0 Å². The maximum absolute atomic E-state index is 12.5. The molecular formula is C16H24N2O2. The minimum atomic E-state index is 0.0292. The molecule has 4 nitrogen and oxygen atoms in total. The number of carbonyl (C=O) groups excluding carboxylic acids is 1. The molecule has 1 aromatic rings. The molecule has 0 spiro atoms. The summed E-state index contributed by atoms with van der Waals surface area (Å²) in [7, 11) is 1.66. The van der Waals surface area contributed by atoms with E-state index >= 15 is 0 Å². The zero-order valence-corrected chi connectivity index (χ0v) is 12.4. The monoisotopic (exact) mass is 276 g/mol. The van der Waals surface area contributed by atoms with E-state index in [1.807, 2.05) is 36.1 Å². The van der Waals surface area contributed by atoms with Crippen molar-refractivity contribution in [2.75, 3.05) is 33.3 Å². The average Bonchev–Trinajstić information content (AvgIpc) is 2.76. The second kappa shape index (κ2) is 7.29. The van der Waals surface area contributed by atoms with Gasteiger partial charge in [-0.25, -0.2) is 0 Å². The molecule has 1 fully saturated rings. The van der Waals surface area contributed by atoms with E-state index in [2.05, 4.69) is 5.32 Å². The Morgan fingerprint density at radius 3 is 2.75 bits per heavy atom. The van der Waals surface area contributed by atoms with Crippen LogP contribution in [0.15, 0.2) is 24.3 Å². The van der Waals surface area contributed by atoms with Gasteiger partial charge in [-0.2, -0.15) is 0 Å². The molecule has 1 N–H and O–H groups in total. The molecule has 0 bridgehead atoms. The van der Waals surface area contributed by atoms with Crippen molar-refractivity contribution in [2.45, 2.75) is 19.8 Å². The van der Waals surface area contributed by atoms with Crippen LogP contribution in [-0.4, -0.2) is 44.1 Å². The second-order valence-electron chi connectivity index (χ2n) is 5.38. The number of nitrogens with one attached hydrogen (secondary N) is 1. The fourth-order valence-corrected chi connectivity index (χ4v) is 2.58. The van der Waals surface area contributed by atoms with Gasteiger partial charge in [0.05, 0.1) is 7.11 Å². The number of amides is 1. The van der Waals surface area contributed by atoms with Crippen molar-refractivity contribution in [3.63, 3.8) is 0 Å². The highest BCUT2D eigenvalue weighted by molar-refractivity contribution is 5.78. The van der Waals surface area contributed by atoms with Crippen molar-refractivity contribution in [2.24, 2.45) is 5.92 Å². The third-order valence-corrected chi connectivity index (χ3v) is 3.77. The largest absolute Gasteiger partial charge is 0.497 e. The first-order valence-corrected chi connectivity index (χ1v) is 7.33. The lowest BCUT2D eigenvalue weighted by molar-refractivity contribution is -0.134. The first-order chi connectivity index (χ1) is 9.70. The van der Waals surface area contributed by atoms with Gasteiger partial charge >= 0.3 is 0 Å². The summed E-state index contributed by atoms with van der Waals surface area (Å²) in [5.41, 5.74) is 1.18. The van der Waals surface area contributed by atoms with Gasteiger partial charge in [0.15, 0.2) is 0 Å². The van der Waals surface area contributed by atoms with Crippen LogP contribution >= 0.6 is 0 Å². The summed E-state index contributed by atoms with van der Waals surface area (Å²) in [6, 6.07) is 7.96. The van der Waals surface area contributed by atoms with E-state index in [-0.39, 0.29) is 11.8 Å². The van der Waals surface area contributed by atoms with Gasteiger partial charge in [0.1, 0.15) is 5.75 Å². The van der Waals surface area contributed by atoms with E-state index < -0.39 is 0 Å². The van der Waals surface area contributed by atoms with Crippen molar-refractivity contribution in [1.29, 1.82) is 0 Å². The van der Waals surface area contributed by atoms with Gasteiger partial charge in [0.2, 0.25) is 5.91 Å². The molecular weight excluding hydrogens is 252 g/mol. The zero-order chi connectivity index (χ0) is 14.4. The maximum Gasteiger partial charge on any atom is 0.225 e. The highest BCUT2D eigenvalue weighted by Gasteiger charge is 2.21. The van der Waals surface area contributed by atoms with Gasteiger partial charge in [0, 0.05) is 25.6 Å². The van der Waals surface area contributed by atoms with Crippen LogP contribution in [-0.2, 0) is 11.2 Å². The SMILES string of the molecule is COc1ccc(CC(C)C(=O)N2CCCNCC2)cc1. The van der Waals surface area contributed by atoms with Crippen molar-refractivity contribution in [3.05, 3.63) is 29.8 Å². The molecule has 1 amide bonds. The van der Waals surface area contributed by atoms with E-state index in [1.54, 1.807) is 7.11 Å². The molecule has 4 heteroatoms. The Morgan fingerprint density at radius 2 is 2.05 bits per heavy atom. The smallest absolute Gasteiger partial charge is 0.225 e. The average molecular weight is 276 g/mol. The first-order valence-electron chi connectivity index (χ1n) is 7.33. The molecule has 0 radical (unpaired) electrons. The second-order valence-corrected chi connectivity index (χ2v) is 5.38. The Morgan fingerprint density at radius 1 is 1.30 bits per heavy atom. The third kappa shape index (κ3) is 3.97. The van der Waals surface area contributed by atoms with Gasteiger partial charge in [-0.1, -0.05) is 19.1 Å². The molecule has 0 aromatic heterocycles. The first kappa shape index (κ1) is 14.9. The predicted molar refractivity (Wildman–Crippen MR) is 79.9 cm³/mol. The summed E-state index contributed by atoms with van der Waals surface area (Å²) in [6.07, 6.45) is 1.83. The number of rotatable bonds is 4. The fourth-order valence-electron chi connectivity index (χ4n) is 2.58. The lowest BCUT2D eigenvalue weighted by atomic mass is 9.99. The third-order valence-electron chi connectivity index (χ3n) is 3.77. The number of hydrogen-bond donors (Lipinski definition) is 1. The van der Waals surface area contributed by atoms with E-state index in [9.17, 15) is 4.79 Å². The molecule has 0 aliphatic carbocycles. The molecule has 1 aromatic carbocycles. The van der Waals surface area contributed by atoms with Crippen molar-refractivity contribution in [3.8, 4) is 5.75 Å². The fraction of sp³-hybridized carbons (Fsp3) is 0.562. The van der Waals surface area contributed by atoms with Gasteiger partial charge in [-0.05, 0) is 37.1 Å². The standard InChI is InChI=1S/C16H24N2O2/c1-13(12-14-4-6-15(20-2)7-5-14)16(19)18-10-3-8-17-9-11-18/h4-7,13,17H,3,8-12H2,1-2H3. The summed E-state index contributed by atoms with van der Waals surface area (Å²) in [5, 5.41) is 3.33. The van der Waals surface area contributed by atoms with Crippen molar-refractivity contribution in [1.82, 2.24) is 10.2 Å². The van der Waals surface area contributed by atoms with Crippen molar-refractivity contribution < 1.29 is 9.53 Å². The van der Waals surface area contributed by atoms with Crippen LogP contribution in [0.4, 0.5) is 0 Å².